The van der Waals surface area contributed by atoms with E-state index >= 15 is 0 Å². The van der Waals surface area contributed by atoms with Crippen LogP contribution in [0.15, 0.2) is 36.5 Å². The number of carbonyl (C=O) groups excluding carboxylic acids is 1. The number of rotatable bonds is 5. The number of hydrogen-bond acceptors (Lipinski definition) is 6. The molecule has 11 heteroatoms. The first-order valence-corrected chi connectivity index (χ1v) is 10.5. The SMILES string of the molecule is O=C(O)NC1CCN(c2nc(C(=O)NCc3cc(Cl)cc(Cl)c3)c(O)c3ncccc23)C1. The van der Waals surface area contributed by atoms with E-state index in [1.54, 1.807) is 30.3 Å². The van der Waals surface area contributed by atoms with Gasteiger partial charge in [0.1, 0.15) is 11.3 Å². The highest BCUT2D eigenvalue weighted by Gasteiger charge is 2.28. The highest BCUT2D eigenvalue weighted by molar-refractivity contribution is 6.34. The van der Waals surface area contributed by atoms with Crippen molar-refractivity contribution >= 4 is 51.9 Å². The van der Waals surface area contributed by atoms with E-state index in [1.807, 2.05) is 4.90 Å². The number of benzene rings is 1. The number of hydrogen-bond donors (Lipinski definition) is 4. The van der Waals surface area contributed by atoms with Crippen LogP contribution in [0, 0.1) is 0 Å². The Labute approximate surface area is 193 Å². The van der Waals surface area contributed by atoms with Crippen LogP contribution >= 0.6 is 23.2 Å². The van der Waals surface area contributed by atoms with Crippen molar-refractivity contribution < 1.29 is 19.8 Å². The lowest BCUT2D eigenvalue weighted by Gasteiger charge is -2.21. The molecular formula is C21H19Cl2N5O4. The van der Waals surface area contributed by atoms with Gasteiger partial charge in [-0.15, -0.1) is 0 Å². The molecule has 1 aliphatic heterocycles. The zero-order valence-electron chi connectivity index (χ0n) is 16.7. The molecule has 166 valence electrons. The second-order valence-corrected chi connectivity index (χ2v) is 8.25. The molecule has 0 bridgehead atoms. The van der Waals surface area contributed by atoms with Crippen molar-refractivity contribution in [2.24, 2.45) is 0 Å². The average Bonchev–Trinajstić information content (AvgIpc) is 3.19. The molecule has 3 heterocycles. The summed E-state index contributed by atoms with van der Waals surface area (Å²) in [4.78, 5) is 34.4. The molecule has 1 aromatic carbocycles. The Balaban J connectivity index is 1.63. The molecule has 9 nitrogen and oxygen atoms in total. The number of amides is 2. The number of aromatic nitrogens is 2. The normalized spacial score (nSPS) is 15.7. The Bertz CT molecular complexity index is 1190. The number of nitrogens with one attached hydrogen (secondary N) is 2. The number of aromatic hydroxyl groups is 1. The Kier molecular flexibility index (Phi) is 6.20. The van der Waals surface area contributed by atoms with E-state index in [1.165, 1.54) is 6.20 Å². The third kappa shape index (κ3) is 4.63. The number of pyridine rings is 2. The number of halogens is 2. The highest BCUT2D eigenvalue weighted by Crippen LogP contribution is 2.34. The molecule has 1 saturated heterocycles. The van der Waals surface area contributed by atoms with Crippen LogP contribution in [0.2, 0.25) is 10.0 Å². The van der Waals surface area contributed by atoms with Crippen molar-refractivity contribution in [3.8, 4) is 5.75 Å². The lowest BCUT2D eigenvalue weighted by Crippen LogP contribution is -2.36. The largest absolute Gasteiger partial charge is 0.504 e. The molecule has 1 aliphatic rings. The van der Waals surface area contributed by atoms with Crippen molar-refractivity contribution in [1.82, 2.24) is 20.6 Å². The first-order valence-electron chi connectivity index (χ1n) is 9.77. The molecule has 0 radical (unpaired) electrons. The second-order valence-electron chi connectivity index (χ2n) is 7.37. The maximum absolute atomic E-state index is 12.9. The molecule has 3 aromatic rings. The first kappa shape index (κ1) is 21.9. The minimum Gasteiger partial charge on any atom is -0.504 e. The maximum atomic E-state index is 12.9. The summed E-state index contributed by atoms with van der Waals surface area (Å²) in [6.07, 6.45) is 1.01. The number of nitrogens with zero attached hydrogens (tertiary/aromatic N) is 3. The Morgan fingerprint density at radius 2 is 1.97 bits per heavy atom. The monoisotopic (exact) mass is 475 g/mol. The molecule has 1 atom stereocenters. The van der Waals surface area contributed by atoms with Gasteiger partial charge < -0.3 is 25.7 Å². The van der Waals surface area contributed by atoms with Crippen LogP contribution in [-0.2, 0) is 6.54 Å². The first-order chi connectivity index (χ1) is 15.3. The minimum atomic E-state index is -1.09. The van der Waals surface area contributed by atoms with E-state index in [9.17, 15) is 14.7 Å². The molecule has 1 fully saturated rings. The summed E-state index contributed by atoms with van der Waals surface area (Å²) < 4.78 is 0. The van der Waals surface area contributed by atoms with E-state index < -0.39 is 12.0 Å². The van der Waals surface area contributed by atoms with E-state index in [2.05, 4.69) is 20.6 Å². The third-order valence-electron chi connectivity index (χ3n) is 5.12. The van der Waals surface area contributed by atoms with Crippen LogP contribution in [0.1, 0.15) is 22.5 Å². The van der Waals surface area contributed by atoms with Crippen LogP contribution in [-0.4, -0.2) is 51.3 Å². The molecule has 2 aromatic heterocycles. The van der Waals surface area contributed by atoms with Crippen LogP contribution in [0.25, 0.3) is 10.9 Å². The summed E-state index contributed by atoms with van der Waals surface area (Å²) in [6.45, 7) is 1.05. The smallest absolute Gasteiger partial charge is 0.404 e. The number of carboxylic acid groups (broad SMARTS) is 1. The molecule has 32 heavy (non-hydrogen) atoms. The standard InChI is InChI=1S/C21H19Cl2N5O4/c22-12-6-11(7-13(23)8-12)9-25-20(30)17-18(29)16-15(2-1-4-24-16)19(27-17)28-5-3-14(10-28)26-21(31)32/h1-2,4,6-8,14,26,29H,3,5,9-10H2,(H,25,30)(H,31,32). The fourth-order valence-corrected chi connectivity index (χ4v) is 4.30. The fraction of sp³-hybridized carbons (Fsp3) is 0.238. The van der Waals surface area contributed by atoms with Crippen molar-refractivity contribution in [3.05, 3.63) is 57.8 Å². The van der Waals surface area contributed by atoms with Gasteiger partial charge in [-0.3, -0.25) is 9.78 Å². The minimum absolute atomic E-state index is 0.129. The number of anilines is 1. The summed E-state index contributed by atoms with van der Waals surface area (Å²) in [7, 11) is 0. The van der Waals surface area contributed by atoms with Crippen molar-refractivity contribution in [3.63, 3.8) is 0 Å². The second kappa shape index (κ2) is 9.05. The molecule has 4 N–H and O–H groups in total. The van der Waals surface area contributed by atoms with Crippen molar-refractivity contribution in [1.29, 1.82) is 0 Å². The lowest BCUT2D eigenvalue weighted by molar-refractivity contribution is 0.0943. The van der Waals surface area contributed by atoms with Gasteiger partial charge in [-0.25, -0.2) is 9.78 Å². The third-order valence-corrected chi connectivity index (χ3v) is 5.56. The van der Waals surface area contributed by atoms with Crippen LogP contribution in [0.3, 0.4) is 0 Å². The van der Waals surface area contributed by atoms with Crippen LogP contribution < -0.4 is 15.5 Å². The van der Waals surface area contributed by atoms with Gasteiger partial charge in [-0.05, 0) is 42.3 Å². The van der Waals surface area contributed by atoms with E-state index in [0.29, 0.717) is 46.3 Å². The summed E-state index contributed by atoms with van der Waals surface area (Å²) in [5.74, 6) is -0.464. The molecule has 0 aliphatic carbocycles. The van der Waals surface area contributed by atoms with Crippen LogP contribution in [0.4, 0.5) is 10.6 Å². The molecular weight excluding hydrogens is 457 g/mol. The van der Waals surface area contributed by atoms with Gasteiger partial charge in [0.15, 0.2) is 11.4 Å². The predicted octanol–water partition coefficient (Wildman–Crippen LogP) is 3.42. The fourth-order valence-electron chi connectivity index (χ4n) is 3.73. The van der Waals surface area contributed by atoms with Gasteiger partial charge in [0.2, 0.25) is 0 Å². The lowest BCUT2D eigenvalue weighted by atomic mass is 10.1. The van der Waals surface area contributed by atoms with E-state index in [-0.39, 0.29) is 29.5 Å². The molecule has 4 rings (SSSR count). The van der Waals surface area contributed by atoms with Gasteiger partial charge in [-0.2, -0.15) is 0 Å². The molecule has 0 spiro atoms. The average molecular weight is 476 g/mol. The summed E-state index contributed by atoms with van der Waals surface area (Å²) in [6, 6.07) is 8.13. The zero-order valence-corrected chi connectivity index (χ0v) is 18.2. The Morgan fingerprint density at radius 3 is 2.69 bits per heavy atom. The molecule has 2 amide bonds. The Morgan fingerprint density at radius 1 is 1.22 bits per heavy atom. The van der Waals surface area contributed by atoms with Crippen molar-refractivity contribution in [2.45, 2.75) is 19.0 Å². The molecule has 1 unspecified atom stereocenters. The maximum Gasteiger partial charge on any atom is 0.404 e. The van der Waals surface area contributed by atoms with E-state index in [4.69, 9.17) is 28.3 Å². The van der Waals surface area contributed by atoms with Gasteiger partial charge in [0.25, 0.3) is 5.91 Å². The van der Waals surface area contributed by atoms with Gasteiger partial charge in [0, 0.05) is 41.3 Å². The topological polar surface area (TPSA) is 128 Å². The van der Waals surface area contributed by atoms with Crippen molar-refractivity contribution in [2.75, 3.05) is 18.0 Å². The summed E-state index contributed by atoms with van der Waals surface area (Å²) in [5, 5.41) is 26.3. The van der Waals surface area contributed by atoms with Gasteiger partial charge >= 0.3 is 6.09 Å². The van der Waals surface area contributed by atoms with E-state index in [0.717, 1.165) is 0 Å². The van der Waals surface area contributed by atoms with Gasteiger partial charge in [0.05, 0.1) is 6.04 Å². The van der Waals surface area contributed by atoms with Gasteiger partial charge in [-0.1, -0.05) is 23.2 Å². The predicted molar refractivity (Wildman–Crippen MR) is 121 cm³/mol. The number of fused-ring (bicyclic) bond motifs is 1. The quantitative estimate of drug-likeness (QED) is 0.444. The summed E-state index contributed by atoms with van der Waals surface area (Å²) in [5.41, 5.74) is 0.758. The zero-order chi connectivity index (χ0) is 22.8. The highest BCUT2D eigenvalue weighted by atomic mass is 35.5. The number of carbonyl (C=O) groups is 2. The van der Waals surface area contributed by atoms with Crippen LogP contribution in [0.5, 0.6) is 5.75 Å². The molecule has 0 saturated carbocycles. The Hall–Kier alpha value is -3.30. The summed E-state index contributed by atoms with van der Waals surface area (Å²) >= 11 is 12.0.